The molecule has 0 aliphatic carbocycles. The fourth-order valence-electron chi connectivity index (χ4n) is 3.41. The molecular formula is C19H17F5O7. The lowest BCUT2D eigenvalue weighted by Gasteiger charge is -2.24. The molecule has 6 atom stereocenters. The molecule has 0 amide bonds. The minimum Gasteiger partial charge on any atom is -0.454 e. The molecule has 31 heavy (non-hydrogen) atoms. The highest BCUT2D eigenvalue weighted by atomic mass is 19.2. The summed E-state index contributed by atoms with van der Waals surface area (Å²) in [4.78, 5) is 24.5. The third-order valence-corrected chi connectivity index (χ3v) is 5.68. The number of fused-ring (bicyclic) bond motifs is 3. The fourth-order valence-corrected chi connectivity index (χ4v) is 3.41. The van der Waals surface area contributed by atoms with Crippen molar-refractivity contribution >= 4 is 11.9 Å². The first-order valence-electron chi connectivity index (χ1n) is 9.37. The summed E-state index contributed by atoms with van der Waals surface area (Å²) in [5.41, 5.74) is -2.21. The highest BCUT2D eigenvalue weighted by Gasteiger charge is 2.64. The predicted molar refractivity (Wildman–Crippen MR) is 87.4 cm³/mol. The number of hydrogen-bond acceptors (Lipinski definition) is 7. The number of esters is 2. The molecule has 0 bridgehead atoms. The number of halogens is 5. The molecule has 0 aromatic heterocycles. The van der Waals surface area contributed by atoms with Crippen LogP contribution in [0.5, 0.6) is 0 Å². The number of rotatable bonds is 4. The third-order valence-electron chi connectivity index (χ3n) is 5.68. The third kappa shape index (κ3) is 3.28. The van der Waals surface area contributed by atoms with Gasteiger partial charge in [-0.05, 0) is 20.3 Å². The van der Waals surface area contributed by atoms with Crippen molar-refractivity contribution in [1.29, 1.82) is 0 Å². The van der Waals surface area contributed by atoms with Gasteiger partial charge in [-0.15, -0.1) is 0 Å². The van der Waals surface area contributed by atoms with Gasteiger partial charge in [0.25, 0.3) is 0 Å². The molecule has 3 saturated heterocycles. The van der Waals surface area contributed by atoms with Crippen LogP contribution in [-0.4, -0.2) is 42.6 Å². The van der Waals surface area contributed by atoms with E-state index in [1.807, 2.05) is 0 Å². The summed E-state index contributed by atoms with van der Waals surface area (Å²) in [7, 11) is 0. The van der Waals surface area contributed by atoms with E-state index < -0.39 is 89.0 Å². The number of ether oxygens (including phenoxy) is 5. The zero-order valence-corrected chi connectivity index (χ0v) is 16.4. The second-order valence-electron chi connectivity index (χ2n) is 7.99. The summed E-state index contributed by atoms with van der Waals surface area (Å²) in [5, 5.41) is 0. The van der Waals surface area contributed by atoms with Gasteiger partial charge in [-0.2, -0.15) is 0 Å². The molecule has 7 nitrogen and oxygen atoms in total. The van der Waals surface area contributed by atoms with Crippen molar-refractivity contribution in [3.63, 3.8) is 0 Å². The monoisotopic (exact) mass is 452 g/mol. The molecule has 3 aliphatic rings. The second kappa shape index (κ2) is 7.38. The topological polar surface area (TPSA) is 80.3 Å². The first-order chi connectivity index (χ1) is 14.5. The summed E-state index contributed by atoms with van der Waals surface area (Å²) >= 11 is 0. The fraction of sp³-hybridized carbons (Fsp3) is 0.579. The van der Waals surface area contributed by atoms with E-state index in [-0.39, 0.29) is 0 Å². The van der Waals surface area contributed by atoms with Crippen LogP contribution in [0.2, 0.25) is 0 Å². The lowest BCUT2D eigenvalue weighted by molar-refractivity contribution is -0.189. The summed E-state index contributed by atoms with van der Waals surface area (Å²) in [5.74, 6) is -12.5. The maximum absolute atomic E-state index is 14.0. The Morgan fingerprint density at radius 1 is 0.903 bits per heavy atom. The Hall–Kier alpha value is -2.31. The molecular weight excluding hydrogens is 435 g/mol. The van der Waals surface area contributed by atoms with E-state index in [1.54, 1.807) is 20.8 Å². The zero-order valence-electron chi connectivity index (χ0n) is 16.4. The average molecular weight is 452 g/mol. The van der Waals surface area contributed by atoms with Gasteiger partial charge in [0.2, 0.25) is 11.9 Å². The van der Waals surface area contributed by atoms with Crippen molar-refractivity contribution in [2.24, 2.45) is 5.41 Å². The molecule has 4 rings (SSSR count). The molecule has 12 heteroatoms. The molecule has 1 aromatic carbocycles. The van der Waals surface area contributed by atoms with Crippen molar-refractivity contribution in [2.45, 2.75) is 64.2 Å². The minimum absolute atomic E-state index is 0.434. The number of carbonyl (C=O) groups excluding carboxylic acids is 2. The molecule has 3 heterocycles. The van der Waals surface area contributed by atoms with Crippen molar-refractivity contribution in [3.05, 3.63) is 34.6 Å². The zero-order chi connectivity index (χ0) is 22.8. The van der Waals surface area contributed by atoms with Gasteiger partial charge in [0.1, 0.15) is 6.10 Å². The lowest BCUT2D eigenvalue weighted by atomic mass is 9.90. The van der Waals surface area contributed by atoms with Crippen LogP contribution in [0.15, 0.2) is 0 Å². The van der Waals surface area contributed by atoms with E-state index >= 15 is 0 Å². The molecule has 0 radical (unpaired) electrons. The van der Waals surface area contributed by atoms with E-state index in [9.17, 15) is 31.5 Å². The number of hydrogen-bond donors (Lipinski definition) is 0. The molecule has 170 valence electrons. The molecule has 3 fully saturated rings. The second-order valence-corrected chi connectivity index (χ2v) is 7.99. The van der Waals surface area contributed by atoms with Crippen molar-refractivity contribution < 1.29 is 55.2 Å². The van der Waals surface area contributed by atoms with Crippen LogP contribution in [0.25, 0.3) is 0 Å². The van der Waals surface area contributed by atoms with E-state index in [1.165, 1.54) is 0 Å². The lowest BCUT2D eigenvalue weighted by Crippen LogP contribution is -2.39. The Morgan fingerprint density at radius 3 is 2.06 bits per heavy atom. The van der Waals surface area contributed by atoms with Gasteiger partial charge in [0.15, 0.2) is 48.1 Å². The molecule has 0 spiro atoms. The van der Waals surface area contributed by atoms with Gasteiger partial charge < -0.3 is 23.7 Å². The summed E-state index contributed by atoms with van der Waals surface area (Å²) in [6, 6.07) is 0. The van der Waals surface area contributed by atoms with Gasteiger partial charge in [-0.3, -0.25) is 4.79 Å². The predicted octanol–water partition coefficient (Wildman–Crippen LogP) is 2.79. The first-order valence-corrected chi connectivity index (χ1v) is 9.37. The highest BCUT2D eigenvalue weighted by Crippen LogP contribution is 2.45. The quantitative estimate of drug-likeness (QED) is 0.301. The Bertz CT molecular complexity index is 923. The van der Waals surface area contributed by atoms with Gasteiger partial charge in [0, 0.05) is 0 Å². The van der Waals surface area contributed by atoms with Gasteiger partial charge in [-0.25, -0.2) is 26.7 Å². The summed E-state index contributed by atoms with van der Waals surface area (Å²) < 4.78 is 94.7. The minimum atomic E-state index is -2.32. The van der Waals surface area contributed by atoms with Crippen LogP contribution in [0.1, 0.15) is 39.0 Å². The maximum atomic E-state index is 14.0. The normalized spacial score (nSPS) is 32.1. The SMILES string of the molecule is CCC(C)(C)C(=O)OC1C(=O)O[C@@H]2[C@H]3OC(c4c(F)c(F)c(F)c(F)c4F)O[C@H]3O[C@H]12. The van der Waals surface area contributed by atoms with Crippen LogP contribution in [-0.2, 0) is 33.3 Å². The van der Waals surface area contributed by atoms with Crippen LogP contribution in [0.3, 0.4) is 0 Å². The Morgan fingerprint density at radius 2 is 1.48 bits per heavy atom. The largest absolute Gasteiger partial charge is 0.454 e. The highest BCUT2D eigenvalue weighted by molar-refractivity contribution is 5.84. The number of carbonyl (C=O) groups is 2. The molecule has 2 unspecified atom stereocenters. The van der Waals surface area contributed by atoms with Crippen LogP contribution < -0.4 is 0 Å². The Balaban J connectivity index is 1.53. The molecule has 0 saturated carbocycles. The van der Waals surface area contributed by atoms with Crippen LogP contribution in [0.4, 0.5) is 22.0 Å². The Kier molecular flexibility index (Phi) is 5.22. The first kappa shape index (κ1) is 21.9. The maximum Gasteiger partial charge on any atom is 0.350 e. The standard InChI is InChI=1S/C19H17F5O7/c1-4-19(2,3)18(26)30-13-11-12(27-15(13)25)14-17(28-11)31-16(29-14)5-6(20)8(22)10(24)9(23)7(5)21/h11-14,16-17H,4H2,1-3H3/t11-,12-,13?,14+,16?,17+/m0/s1. The van der Waals surface area contributed by atoms with Gasteiger partial charge >= 0.3 is 11.9 Å². The van der Waals surface area contributed by atoms with Gasteiger partial charge in [-0.1, -0.05) is 6.92 Å². The Labute approximate surface area is 172 Å². The van der Waals surface area contributed by atoms with Gasteiger partial charge in [0.05, 0.1) is 11.0 Å². The molecule has 1 aromatic rings. The number of benzene rings is 1. The van der Waals surface area contributed by atoms with E-state index in [0.29, 0.717) is 6.42 Å². The van der Waals surface area contributed by atoms with E-state index in [4.69, 9.17) is 23.7 Å². The van der Waals surface area contributed by atoms with Crippen molar-refractivity contribution in [2.75, 3.05) is 0 Å². The van der Waals surface area contributed by atoms with E-state index in [0.717, 1.165) is 0 Å². The summed E-state index contributed by atoms with van der Waals surface area (Å²) in [6.07, 6.45) is -7.89. The molecule has 3 aliphatic heterocycles. The van der Waals surface area contributed by atoms with Crippen LogP contribution >= 0.6 is 0 Å². The smallest absolute Gasteiger partial charge is 0.350 e. The van der Waals surface area contributed by atoms with E-state index in [2.05, 4.69) is 0 Å². The molecule has 0 N–H and O–H groups in total. The summed E-state index contributed by atoms with van der Waals surface area (Å²) in [6.45, 7) is 5.01. The van der Waals surface area contributed by atoms with Crippen molar-refractivity contribution in [3.8, 4) is 0 Å². The van der Waals surface area contributed by atoms with Crippen molar-refractivity contribution in [1.82, 2.24) is 0 Å². The van der Waals surface area contributed by atoms with Crippen LogP contribution in [0, 0.1) is 34.5 Å². The average Bonchev–Trinajstić information content (AvgIpc) is 3.36.